The summed E-state index contributed by atoms with van der Waals surface area (Å²) in [6.07, 6.45) is 0. The molecule has 1 N–H and O–H groups in total. The lowest BCUT2D eigenvalue weighted by atomic mass is 10.2. The van der Waals surface area contributed by atoms with Gasteiger partial charge in [0.2, 0.25) is 0 Å². The van der Waals surface area contributed by atoms with Crippen LogP contribution in [0, 0.1) is 12.8 Å². The standard InChI is InChI=1S/C15H23ClN2O2/c1-11(9-18(3)4)8-17-15(19)10-20-13-5-6-14(16)12(2)7-13/h5-7,11H,8-10H2,1-4H3,(H,17,19)/t11-/m1/s1. The fraction of sp³-hybridized carbons (Fsp3) is 0.533. The molecule has 0 heterocycles. The summed E-state index contributed by atoms with van der Waals surface area (Å²) in [5.41, 5.74) is 0.934. The molecule has 0 saturated carbocycles. The molecule has 0 aliphatic carbocycles. The Morgan fingerprint density at radius 2 is 2.15 bits per heavy atom. The molecule has 1 atom stereocenters. The molecular formula is C15H23ClN2O2. The van der Waals surface area contributed by atoms with Crippen LogP contribution in [0.25, 0.3) is 0 Å². The van der Waals surface area contributed by atoms with Gasteiger partial charge in [0.25, 0.3) is 5.91 Å². The fourth-order valence-electron chi connectivity index (χ4n) is 1.88. The molecule has 0 aliphatic heterocycles. The zero-order valence-corrected chi connectivity index (χ0v) is 13.3. The highest BCUT2D eigenvalue weighted by Gasteiger charge is 2.07. The molecule has 0 aromatic heterocycles. The highest BCUT2D eigenvalue weighted by Crippen LogP contribution is 2.20. The molecule has 0 bridgehead atoms. The summed E-state index contributed by atoms with van der Waals surface area (Å²) < 4.78 is 5.44. The summed E-state index contributed by atoms with van der Waals surface area (Å²) in [5, 5.41) is 3.56. The molecule has 4 nitrogen and oxygen atoms in total. The predicted molar refractivity (Wildman–Crippen MR) is 82.4 cm³/mol. The third-order valence-electron chi connectivity index (χ3n) is 2.82. The Balaban J connectivity index is 2.31. The van der Waals surface area contributed by atoms with Crippen molar-refractivity contribution in [3.63, 3.8) is 0 Å². The van der Waals surface area contributed by atoms with Crippen LogP contribution in [0.3, 0.4) is 0 Å². The Morgan fingerprint density at radius 1 is 1.45 bits per heavy atom. The molecule has 20 heavy (non-hydrogen) atoms. The Bertz CT molecular complexity index is 449. The molecule has 5 heteroatoms. The van der Waals surface area contributed by atoms with Crippen molar-refractivity contribution in [2.24, 2.45) is 5.92 Å². The first-order valence-electron chi connectivity index (χ1n) is 6.69. The third-order valence-corrected chi connectivity index (χ3v) is 3.25. The van der Waals surface area contributed by atoms with Crippen LogP contribution >= 0.6 is 11.6 Å². The number of aryl methyl sites for hydroxylation is 1. The van der Waals surface area contributed by atoms with E-state index in [0.717, 1.165) is 12.1 Å². The van der Waals surface area contributed by atoms with Crippen LogP contribution in [-0.2, 0) is 4.79 Å². The van der Waals surface area contributed by atoms with Gasteiger partial charge in [0.15, 0.2) is 6.61 Å². The molecular weight excluding hydrogens is 276 g/mol. The van der Waals surface area contributed by atoms with Crippen molar-refractivity contribution < 1.29 is 9.53 Å². The van der Waals surface area contributed by atoms with Crippen molar-refractivity contribution in [3.8, 4) is 5.75 Å². The number of carbonyl (C=O) groups is 1. The smallest absolute Gasteiger partial charge is 0.257 e. The summed E-state index contributed by atoms with van der Waals surface area (Å²) in [6, 6.07) is 5.35. The van der Waals surface area contributed by atoms with Gasteiger partial charge in [-0.25, -0.2) is 0 Å². The maximum absolute atomic E-state index is 11.7. The summed E-state index contributed by atoms with van der Waals surface area (Å²) in [7, 11) is 4.04. The van der Waals surface area contributed by atoms with E-state index in [0.29, 0.717) is 23.2 Å². The number of rotatable bonds is 7. The van der Waals surface area contributed by atoms with E-state index in [4.69, 9.17) is 16.3 Å². The van der Waals surface area contributed by atoms with Crippen molar-refractivity contribution in [1.29, 1.82) is 0 Å². The van der Waals surface area contributed by atoms with Crippen LogP contribution in [0.1, 0.15) is 12.5 Å². The summed E-state index contributed by atoms with van der Waals surface area (Å²) >= 11 is 5.93. The number of hydrogen-bond acceptors (Lipinski definition) is 3. The average Bonchev–Trinajstić information content (AvgIpc) is 2.37. The minimum atomic E-state index is -0.108. The molecule has 112 valence electrons. The van der Waals surface area contributed by atoms with Crippen LogP contribution in [0.2, 0.25) is 5.02 Å². The lowest BCUT2D eigenvalue weighted by Crippen LogP contribution is -2.35. The summed E-state index contributed by atoms with van der Waals surface area (Å²) in [4.78, 5) is 13.8. The SMILES string of the molecule is Cc1cc(OCC(=O)NC[C@@H](C)CN(C)C)ccc1Cl. The number of hydrogen-bond donors (Lipinski definition) is 1. The monoisotopic (exact) mass is 298 g/mol. The maximum Gasteiger partial charge on any atom is 0.257 e. The number of nitrogens with one attached hydrogen (secondary N) is 1. The molecule has 0 fully saturated rings. The Morgan fingerprint density at radius 3 is 2.75 bits per heavy atom. The lowest BCUT2D eigenvalue weighted by Gasteiger charge is -2.17. The van der Waals surface area contributed by atoms with Crippen LogP contribution in [0.15, 0.2) is 18.2 Å². The van der Waals surface area contributed by atoms with Gasteiger partial charge in [-0.2, -0.15) is 0 Å². The van der Waals surface area contributed by atoms with Crippen LogP contribution in [0.4, 0.5) is 0 Å². The highest BCUT2D eigenvalue weighted by molar-refractivity contribution is 6.31. The Kier molecular flexibility index (Phi) is 6.82. The van der Waals surface area contributed by atoms with Crippen LogP contribution < -0.4 is 10.1 Å². The van der Waals surface area contributed by atoms with Crippen LogP contribution in [-0.4, -0.2) is 44.6 Å². The third kappa shape index (κ3) is 6.26. The van der Waals surface area contributed by atoms with Gasteiger partial charge in [0.1, 0.15) is 5.75 Å². The number of carbonyl (C=O) groups excluding carboxylic acids is 1. The zero-order chi connectivity index (χ0) is 15.1. The molecule has 0 radical (unpaired) electrons. The molecule has 1 aromatic rings. The van der Waals surface area contributed by atoms with Gasteiger partial charge in [0.05, 0.1) is 0 Å². The van der Waals surface area contributed by atoms with E-state index in [1.807, 2.05) is 27.1 Å². The second kappa shape index (κ2) is 8.12. The first-order chi connectivity index (χ1) is 9.38. The van der Waals surface area contributed by atoms with E-state index >= 15 is 0 Å². The van der Waals surface area contributed by atoms with E-state index in [1.165, 1.54) is 0 Å². The molecule has 1 amide bonds. The molecule has 0 saturated heterocycles. The van der Waals surface area contributed by atoms with Gasteiger partial charge < -0.3 is 15.0 Å². The van der Waals surface area contributed by atoms with Gasteiger partial charge in [-0.15, -0.1) is 0 Å². The van der Waals surface area contributed by atoms with E-state index in [-0.39, 0.29) is 12.5 Å². The van der Waals surface area contributed by atoms with Gasteiger partial charge in [-0.3, -0.25) is 4.79 Å². The minimum absolute atomic E-state index is 0.0236. The van der Waals surface area contributed by atoms with Gasteiger partial charge in [-0.1, -0.05) is 18.5 Å². The van der Waals surface area contributed by atoms with E-state index in [2.05, 4.69) is 17.1 Å². The minimum Gasteiger partial charge on any atom is -0.484 e. The molecule has 0 spiro atoms. The van der Waals surface area contributed by atoms with Crippen molar-refractivity contribution in [2.45, 2.75) is 13.8 Å². The molecule has 0 unspecified atom stereocenters. The molecule has 1 rings (SSSR count). The van der Waals surface area contributed by atoms with Crippen molar-refractivity contribution >= 4 is 17.5 Å². The van der Waals surface area contributed by atoms with Crippen molar-refractivity contribution in [2.75, 3.05) is 33.8 Å². The van der Waals surface area contributed by atoms with E-state index in [1.54, 1.807) is 12.1 Å². The van der Waals surface area contributed by atoms with Crippen molar-refractivity contribution in [3.05, 3.63) is 28.8 Å². The lowest BCUT2D eigenvalue weighted by molar-refractivity contribution is -0.123. The first kappa shape index (κ1) is 16.8. The van der Waals surface area contributed by atoms with Gasteiger partial charge in [-0.05, 0) is 50.7 Å². The normalized spacial score (nSPS) is 12.3. The predicted octanol–water partition coefficient (Wildman–Crippen LogP) is 2.34. The fourth-order valence-corrected chi connectivity index (χ4v) is 2.00. The first-order valence-corrected chi connectivity index (χ1v) is 7.06. The second-order valence-electron chi connectivity index (χ2n) is 5.37. The largest absolute Gasteiger partial charge is 0.484 e. The highest BCUT2D eigenvalue weighted by atomic mass is 35.5. The number of benzene rings is 1. The topological polar surface area (TPSA) is 41.6 Å². The van der Waals surface area contributed by atoms with Gasteiger partial charge in [0, 0.05) is 18.1 Å². The Hall–Kier alpha value is -1.26. The van der Waals surface area contributed by atoms with Gasteiger partial charge >= 0.3 is 0 Å². The maximum atomic E-state index is 11.7. The summed E-state index contributed by atoms with van der Waals surface area (Å²) in [6.45, 7) is 5.62. The molecule has 1 aromatic carbocycles. The molecule has 0 aliphatic rings. The number of nitrogens with zero attached hydrogens (tertiary/aromatic N) is 1. The number of halogens is 1. The van der Waals surface area contributed by atoms with Crippen LogP contribution in [0.5, 0.6) is 5.75 Å². The van der Waals surface area contributed by atoms with E-state index < -0.39 is 0 Å². The zero-order valence-electron chi connectivity index (χ0n) is 12.6. The van der Waals surface area contributed by atoms with E-state index in [9.17, 15) is 4.79 Å². The summed E-state index contributed by atoms with van der Waals surface area (Å²) in [5.74, 6) is 0.957. The van der Waals surface area contributed by atoms with Crippen molar-refractivity contribution in [1.82, 2.24) is 10.2 Å². The average molecular weight is 299 g/mol. The number of ether oxygens (including phenoxy) is 1. The number of amides is 1. The quantitative estimate of drug-likeness (QED) is 0.840. The Labute approximate surface area is 126 Å². The second-order valence-corrected chi connectivity index (χ2v) is 5.78.